The predicted octanol–water partition coefficient (Wildman–Crippen LogP) is 1.45. The van der Waals surface area contributed by atoms with E-state index in [1.54, 1.807) is 6.21 Å². The number of hydrogen-bond donors (Lipinski definition) is 0. The van der Waals surface area contributed by atoms with Crippen LogP contribution in [0.4, 0.5) is 0 Å². The van der Waals surface area contributed by atoms with E-state index in [0.717, 1.165) is 13.0 Å². The average Bonchev–Trinajstić information content (AvgIpc) is 2.07. The van der Waals surface area contributed by atoms with Gasteiger partial charge in [-0.1, -0.05) is 0 Å². The van der Waals surface area contributed by atoms with Crippen LogP contribution in [-0.2, 0) is 4.74 Å². The first-order valence-corrected chi connectivity index (χ1v) is 4.17. The SMILES string of the molecule is CC=NN(C)C1CCCCO1. The van der Waals surface area contributed by atoms with Gasteiger partial charge in [-0.3, -0.25) is 5.01 Å². The topological polar surface area (TPSA) is 24.8 Å². The summed E-state index contributed by atoms with van der Waals surface area (Å²) in [6.07, 6.45) is 5.56. The molecule has 1 fully saturated rings. The number of rotatable bonds is 2. The first kappa shape index (κ1) is 8.53. The van der Waals surface area contributed by atoms with Gasteiger partial charge in [0.15, 0.2) is 0 Å². The Kier molecular flexibility index (Phi) is 3.36. The van der Waals surface area contributed by atoms with Crippen molar-refractivity contribution >= 4 is 6.21 Å². The van der Waals surface area contributed by atoms with Gasteiger partial charge in [0.1, 0.15) is 6.23 Å². The second-order valence-corrected chi connectivity index (χ2v) is 2.77. The molecule has 0 N–H and O–H groups in total. The molecule has 0 spiro atoms. The second kappa shape index (κ2) is 4.34. The molecular weight excluding hydrogens is 140 g/mol. The Morgan fingerprint density at radius 1 is 1.55 bits per heavy atom. The molecule has 0 aromatic heterocycles. The van der Waals surface area contributed by atoms with E-state index in [9.17, 15) is 0 Å². The summed E-state index contributed by atoms with van der Waals surface area (Å²) < 4.78 is 5.50. The van der Waals surface area contributed by atoms with E-state index in [1.807, 2.05) is 19.0 Å². The molecule has 1 unspecified atom stereocenters. The zero-order valence-electron chi connectivity index (χ0n) is 7.29. The van der Waals surface area contributed by atoms with Gasteiger partial charge in [-0.05, 0) is 26.2 Å². The lowest BCUT2D eigenvalue weighted by molar-refractivity contribution is -0.0741. The van der Waals surface area contributed by atoms with Crippen molar-refractivity contribution in [3.8, 4) is 0 Å². The van der Waals surface area contributed by atoms with Gasteiger partial charge in [-0.15, -0.1) is 0 Å². The van der Waals surface area contributed by atoms with Crippen LogP contribution in [-0.4, -0.2) is 31.1 Å². The molecule has 1 saturated heterocycles. The summed E-state index contributed by atoms with van der Waals surface area (Å²) in [7, 11) is 1.95. The van der Waals surface area contributed by atoms with Crippen molar-refractivity contribution in [3.63, 3.8) is 0 Å². The fourth-order valence-corrected chi connectivity index (χ4v) is 1.27. The lowest BCUT2D eigenvalue weighted by Crippen LogP contribution is -2.32. The van der Waals surface area contributed by atoms with Gasteiger partial charge in [0.25, 0.3) is 0 Å². The molecule has 0 bridgehead atoms. The maximum atomic E-state index is 5.50. The maximum Gasteiger partial charge on any atom is 0.145 e. The molecule has 64 valence electrons. The summed E-state index contributed by atoms with van der Waals surface area (Å²) in [5, 5.41) is 6.02. The van der Waals surface area contributed by atoms with Crippen molar-refractivity contribution in [1.29, 1.82) is 0 Å². The standard InChI is InChI=1S/C8H16N2O/c1-3-9-10(2)8-6-4-5-7-11-8/h3,8H,4-7H2,1-2H3. The molecule has 0 aromatic carbocycles. The molecular formula is C8H16N2O. The first-order chi connectivity index (χ1) is 5.34. The lowest BCUT2D eigenvalue weighted by atomic mass is 10.2. The van der Waals surface area contributed by atoms with Crippen LogP contribution < -0.4 is 0 Å². The molecule has 0 amide bonds. The molecule has 0 saturated carbocycles. The summed E-state index contributed by atoms with van der Waals surface area (Å²) in [5.41, 5.74) is 0. The van der Waals surface area contributed by atoms with Gasteiger partial charge in [-0.25, -0.2) is 0 Å². The van der Waals surface area contributed by atoms with Crippen molar-refractivity contribution in [2.24, 2.45) is 5.10 Å². The highest BCUT2D eigenvalue weighted by Crippen LogP contribution is 2.14. The summed E-state index contributed by atoms with van der Waals surface area (Å²) in [5.74, 6) is 0. The quantitative estimate of drug-likeness (QED) is 0.446. The Bertz CT molecular complexity index is 130. The van der Waals surface area contributed by atoms with Gasteiger partial charge in [0.05, 0.1) is 0 Å². The predicted molar refractivity (Wildman–Crippen MR) is 45.5 cm³/mol. The lowest BCUT2D eigenvalue weighted by Gasteiger charge is -2.28. The Balaban J connectivity index is 2.32. The van der Waals surface area contributed by atoms with Crippen molar-refractivity contribution < 1.29 is 4.74 Å². The summed E-state index contributed by atoms with van der Waals surface area (Å²) in [6, 6.07) is 0. The number of ether oxygens (including phenoxy) is 1. The Hall–Kier alpha value is -0.570. The molecule has 0 aliphatic carbocycles. The van der Waals surface area contributed by atoms with E-state index in [1.165, 1.54) is 12.8 Å². The maximum absolute atomic E-state index is 5.50. The molecule has 0 aromatic rings. The van der Waals surface area contributed by atoms with Gasteiger partial charge in [-0.2, -0.15) is 5.10 Å². The minimum atomic E-state index is 0.208. The first-order valence-electron chi connectivity index (χ1n) is 4.17. The largest absolute Gasteiger partial charge is 0.357 e. The third-order valence-corrected chi connectivity index (χ3v) is 1.87. The van der Waals surface area contributed by atoms with Gasteiger partial charge in [0, 0.05) is 19.9 Å². The van der Waals surface area contributed by atoms with Gasteiger partial charge < -0.3 is 4.74 Å². The zero-order valence-corrected chi connectivity index (χ0v) is 7.29. The molecule has 1 rings (SSSR count). The number of hydrazone groups is 1. The Morgan fingerprint density at radius 2 is 2.36 bits per heavy atom. The van der Waals surface area contributed by atoms with Crippen LogP contribution in [0.5, 0.6) is 0 Å². The van der Waals surface area contributed by atoms with Crippen molar-refractivity contribution in [1.82, 2.24) is 5.01 Å². The normalized spacial score (nSPS) is 25.8. The van der Waals surface area contributed by atoms with Crippen LogP contribution in [0.2, 0.25) is 0 Å². The minimum Gasteiger partial charge on any atom is -0.357 e. The molecule has 1 aliphatic rings. The van der Waals surface area contributed by atoms with Crippen molar-refractivity contribution in [3.05, 3.63) is 0 Å². The Labute approximate surface area is 68.0 Å². The molecule has 0 radical (unpaired) electrons. The highest BCUT2D eigenvalue weighted by Gasteiger charge is 2.16. The summed E-state index contributed by atoms with van der Waals surface area (Å²) in [4.78, 5) is 0. The van der Waals surface area contributed by atoms with Crippen molar-refractivity contribution in [2.75, 3.05) is 13.7 Å². The highest BCUT2D eigenvalue weighted by molar-refractivity contribution is 5.52. The van der Waals surface area contributed by atoms with E-state index in [2.05, 4.69) is 5.10 Å². The highest BCUT2D eigenvalue weighted by atomic mass is 16.5. The number of hydrogen-bond acceptors (Lipinski definition) is 3. The molecule has 1 heterocycles. The van der Waals surface area contributed by atoms with Crippen LogP contribution in [0.15, 0.2) is 5.10 Å². The van der Waals surface area contributed by atoms with Crippen LogP contribution in [0.3, 0.4) is 0 Å². The molecule has 3 heteroatoms. The third-order valence-electron chi connectivity index (χ3n) is 1.87. The van der Waals surface area contributed by atoms with Gasteiger partial charge in [0.2, 0.25) is 0 Å². The second-order valence-electron chi connectivity index (χ2n) is 2.77. The fraction of sp³-hybridized carbons (Fsp3) is 0.875. The summed E-state index contributed by atoms with van der Waals surface area (Å²) >= 11 is 0. The Morgan fingerprint density at radius 3 is 2.91 bits per heavy atom. The average molecular weight is 156 g/mol. The molecule has 1 atom stereocenters. The summed E-state index contributed by atoms with van der Waals surface area (Å²) in [6.45, 7) is 2.80. The van der Waals surface area contributed by atoms with E-state index in [4.69, 9.17) is 4.74 Å². The van der Waals surface area contributed by atoms with E-state index in [0.29, 0.717) is 0 Å². The van der Waals surface area contributed by atoms with Crippen LogP contribution >= 0.6 is 0 Å². The third kappa shape index (κ3) is 2.50. The fourth-order valence-electron chi connectivity index (χ4n) is 1.27. The van der Waals surface area contributed by atoms with Crippen LogP contribution in [0, 0.1) is 0 Å². The minimum absolute atomic E-state index is 0.208. The molecule has 1 aliphatic heterocycles. The number of nitrogens with zero attached hydrogens (tertiary/aromatic N) is 2. The molecule has 3 nitrogen and oxygen atoms in total. The molecule has 11 heavy (non-hydrogen) atoms. The zero-order chi connectivity index (χ0) is 8.10. The van der Waals surface area contributed by atoms with Crippen molar-refractivity contribution in [2.45, 2.75) is 32.4 Å². The van der Waals surface area contributed by atoms with E-state index >= 15 is 0 Å². The monoisotopic (exact) mass is 156 g/mol. The van der Waals surface area contributed by atoms with Gasteiger partial charge >= 0.3 is 0 Å². The van der Waals surface area contributed by atoms with E-state index in [-0.39, 0.29) is 6.23 Å². The van der Waals surface area contributed by atoms with Crippen LogP contribution in [0.1, 0.15) is 26.2 Å². The smallest absolute Gasteiger partial charge is 0.145 e. The van der Waals surface area contributed by atoms with Crippen LogP contribution in [0.25, 0.3) is 0 Å². The van der Waals surface area contributed by atoms with E-state index < -0.39 is 0 Å².